The quantitative estimate of drug-likeness (QED) is 0.335. The molecule has 0 aliphatic heterocycles. The highest BCUT2D eigenvalue weighted by Crippen LogP contribution is 2.27. The van der Waals surface area contributed by atoms with Crippen LogP contribution in [0.3, 0.4) is 0 Å². The monoisotopic (exact) mass is 444 g/mol. The van der Waals surface area contributed by atoms with Crippen LogP contribution in [0, 0.1) is 6.92 Å². The smallest absolute Gasteiger partial charge is 0.339 e. The van der Waals surface area contributed by atoms with Crippen molar-refractivity contribution in [2.24, 2.45) is 0 Å². The van der Waals surface area contributed by atoms with Gasteiger partial charge in [-0.1, -0.05) is 29.8 Å². The van der Waals surface area contributed by atoms with Gasteiger partial charge in [0.2, 0.25) is 0 Å². The fourth-order valence-electron chi connectivity index (χ4n) is 3.39. The molecule has 0 atom stereocenters. The van der Waals surface area contributed by atoms with Crippen LogP contribution < -0.4 is 5.32 Å². The molecule has 8 nitrogen and oxygen atoms in total. The number of aromatic nitrogens is 3. The minimum atomic E-state index is -0.639. The van der Waals surface area contributed by atoms with E-state index in [1.165, 1.54) is 12.1 Å². The van der Waals surface area contributed by atoms with Crippen molar-refractivity contribution in [3.63, 3.8) is 0 Å². The number of phenols is 1. The summed E-state index contributed by atoms with van der Waals surface area (Å²) in [5.74, 6) is -1.04. The van der Waals surface area contributed by atoms with Gasteiger partial charge in [0.15, 0.2) is 12.3 Å². The van der Waals surface area contributed by atoms with E-state index in [4.69, 9.17) is 9.72 Å². The van der Waals surface area contributed by atoms with Crippen LogP contribution in [0.5, 0.6) is 5.75 Å². The maximum Gasteiger partial charge on any atom is 0.339 e. The van der Waals surface area contributed by atoms with Crippen LogP contribution in [0.25, 0.3) is 22.3 Å². The highest BCUT2D eigenvalue weighted by Gasteiger charge is 2.20. The summed E-state index contributed by atoms with van der Waals surface area (Å²) < 4.78 is 7.06. The van der Waals surface area contributed by atoms with Gasteiger partial charge < -0.3 is 15.2 Å². The third kappa shape index (κ3) is 4.85. The first kappa shape index (κ1) is 22.0. The van der Waals surface area contributed by atoms with Gasteiger partial charge in [0.1, 0.15) is 5.75 Å². The van der Waals surface area contributed by atoms with Crippen molar-refractivity contribution in [1.29, 1.82) is 0 Å². The fourth-order valence-corrected chi connectivity index (χ4v) is 3.39. The number of esters is 1. The lowest BCUT2D eigenvalue weighted by molar-refractivity contribution is -0.119. The number of aryl methyl sites for hydroxylation is 1. The molecule has 2 N–H and O–H groups in total. The zero-order chi connectivity index (χ0) is 23.5. The largest absolute Gasteiger partial charge is 0.508 e. The predicted molar refractivity (Wildman–Crippen MR) is 125 cm³/mol. The number of amides is 1. The summed E-state index contributed by atoms with van der Waals surface area (Å²) in [6.45, 7) is 5.51. The van der Waals surface area contributed by atoms with E-state index in [-0.39, 0.29) is 11.8 Å². The van der Waals surface area contributed by atoms with E-state index in [1.807, 2.05) is 45.0 Å². The molecule has 1 amide bonds. The number of ether oxygens (including phenoxy) is 1. The average Bonchev–Trinajstić information content (AvgIpc) is 3.23. The van der Waals surface area contributed by atoms with E-state index in [9.17, 15) is 14.7 Å². The summed E-state index contributed by atoms with van der Waals surface area (Å²) in [7, 11) is 0. The first-order valence-corrected chi connectivity index (χ1v) is 10.5. The molecule has 33 heavy (non-hydrogen) atoms. The Bertz CT molecular complexity index is 1310. The van der Waals surface area contributed by atoms with E-state index in [0.29, 0.717) is 28.0 Å². The molecule has 8 heteroatoms. The van der Waals surface area contributed by atoms with Crippen LogP contribution in [0.15, 0.2) is 60.8 Å². The van der Waals surface area contributed by atoms with Gasteiger partial charge in [-0.05, 0) is 51.1 Å². The summed E-state index contributed by atoms with van der Waals surface area (Å²) in [5, 5.41) is 16.9. The maximum absolute atomic E-state index is 13.0. The Morgan fingerprint density at radius 3 is 2.45 bits per heavy atom. The Balaban J connectivity index is 1.61. The van der Waals surface area contributed by atoms with Crippen molar-refractivity contribution < 1.29 is 19.4 Å². The van der Waals surface area contributed by atoms with Crippen molar-refractivity contribution in [1.82, 2.24) is 14.8 Å². The molecule has 0 bridgehead atoms. The summed E-state index contributed by atoms with van der Waals surface area (Å²) in [4.78, 5) is 30.0. The zero-order valence-electron chi connectivity index (χ0n) is 18.6. The summed E-state index contributed by atoms with van der Waals surface area (Å²) in [5.41, 5.74) is 3.94. The fraction of sp³-hybridized carbons (Fsp3) is 0.200. The molecule has 0 radical (unpaired) electrons. The minimum Gasteiger partial charge on any atom is -0.508 e. The number of rotatable bonds is 6. The first-order chi connectivity index (χ1) is 15.8. The van der Waals surface area contributed by atoms with Crippen LogP contribution in [0.4, 0.5) is 5.69 Å². The van der Waals surface area contributed by atoms with Crippen molar-refractivity contribution in [3.8, 4) is 17.0 Å². The van der Waals surface area contributed by atoms with Crippen LogP contribution in [-0.2, 0) is 9.53 Å². The molecule has 0 fully saturated rings. The number of carbonyl (C=O) groups excluding carboxylic acids is 2. The lowest BCUT2D eigenvalue weighted by Gasteiger charge is -2.11. The van der Waals surface area contributed by atoms with Gasteiger partial charge in [-0.3, -0.25) is 4.79 Å². The number of nitrogens with one attached hydrogen (secondary N) is 1. The van der Waals surface area contributed by atoms with E-state index in [1.54, 1.807) is 29.1 Å². The number of aromatic hydroxyl groups is 1. The number of pyridine rings is 1. The van der Waals surface area contributed by atoms with Gasteiger partial charge in [-0.15, -0.1) is 0 Å². The molecule has 0 unspecified atom stereocenters. The van der Waals surface area contributed by atoms with Crippen LogP contribution in [0.2, 0.25) is 0 Å². The number of phenolic OH excluding ortho intramolecular Hbond substituents is 1. The highest BCUT2D eigenvalue weighted by atomic mass is 16.5. The van der Waals surface area contributed by atoms with Gasteiger partial charge in [-0.2, -0.15) is 5.10 Å². The summed E-state index contributed by atoms with van der Waals surface area (Å²) in [6.07, 6.45) is 1.59. The second-order valence-electron chi connectivity index (χ2n) is 8.01. The van der Waals surface area contributed by atoms with E-state index in [0.717, 1.165) is 11.1 Å². The van der Waals surface area contributed by atoms with Crippen LogP contribution >= 0.6 is 0 Å². The molecule has 168 valence electrons. The third-order valence-electron chi connectivity index (χ3n) is 5.11. The molecule has 0 aliphatic carbocycles. The number of carbonyl (C=O) groups is 2. The lowest BCUT2D eigenvalue weighted by Crippen LogP contribution is -2.21. The van der Waals surface area contributed by atoms with Crippen LogP contribution in [-0.4, -0.2) is 38.4 Å². The van der Waals surface area contributed by atoms with Gasteiger partial charge in [0.05, 0.1) is 22.8 Å². The van der Waals surface area contributed by atoms with E-state index < -0.39 is 18.5 Å². The second-order valence-corrected chi connectivity index (χ2v) is 8.01. The number of anilines is 1. The topological polar surface area (TPSA) is 106 Å². The standard InChI is InChI=1S/C25H24N4O4/c1-15(2)29-24-21(13-26-29)20(12-22(28-24)17-6-4-16(3)5-7-17)25(32)33-14-23(31)27-18-8-10-19(30)11-9-18/h4-13,15,30H,14H2,1-3H3,(H,27,31). The highest BCUT2D eigenvalue weighted by molar-refractivity contribution is 6.04. The average molecular weight is 444 g/mol. The Labute approximate surface area is 190 Å². The molecular weight excluding hydrogens is 420 g/mol. The predicted octanol–water partition coefficient (Wildman–Crippen LogP) is 4.49. The molecule has 0 aliphatic rings. The first-order valence-electron chi connectivity index (χ1n) is 10.5. The second kappa shape index (κ2) is 9.12. The molecule has 2 heterocycles. The van der Waals surface area contributed by atoms with Gasteiger partial charge in [0.25, 0.3) is 5.91 Å². The normalized spacial score (nSPS) is 11.0. The summed E-state index contributed by atoms with van der Waals surface area (Å²) in [6, 6.07) is 15.6. The molecule has 0 spiro atoms. The Kier molecular flexibility index (Phi) is 6.08. The Morgan fingerprint density at radius 2 is 1.79 bits per heavy atom. The van der Waals surface area contributed by atoms with Crippen molar-refractivity contribution in [2.75, 3.05) is 11.9 Å². The summed E-state index contributed by atoms with van der Waals surface area (Å²) >= 11 is 0. The van der Waals surface area contributed by atoms with Crippen molar-refractivity contribution in [3.05, 3.63) is 71.9 Å². The van der Waals surface area contributed by atoms with Gasteiger partial charge in [-0.25, -0.2) is 14.5 Å². The Hall–Kier alpha value is -4.20. The zero-order valence-corrected chi connectivity index (χ0v) is 18.6. The number of fused-ring (bicyclic) bond motifs is 1. The lowest BCUT2D eigenvalue weighted by atomic mass is 10.1. The van der Waals surface area contributed by atoms with E-state index in [2.05, 4.69) is 10.4 Å². The maximum atomic E-state index is 13.0. The van der Waals surface area contributed by atoms with Crippen molar-refractivity contribution in [2.45, 2.75) is 26.8 Å². The molecular formula is C25H24N4O4. The molecule has 0 saturated carbocycles. The minimum absolute atomic E-state index is 0.0447. The van der Waals surface area contributed by atoms with Crippen molar-refractivity contribution >= 4 is 28.6 Å². The number of hydrogen-bond acceptors (Lipinski definition) is 6. The number of hydrogen-bond donors (Lipinski definition) is 2. The van der Waals surface area contributed by atoms with Gasteiger partial charge >= 0.3 is 5.97 Å². The Morgan fingerprint density at radius 1 is 1.09 bits per heavy atom. The molecule has 0 saturated heterocycles. The van der Waals surface area contributed by atoms with Crippen LogP contribution in [0.1, 0.15) is 35.8 Å². The SMILES string of the molecule is Cc1ccc(-c2cc(C(=O)OCC(=O)Nc3ccc(O)cc3)c3cnn(C(C)C)c3n2)cc1. The molecule has 4 aromatic rings. The number of benzene rings is 2. The molecule has 2 aromatic carbocycles. The number of nitrogens with zero attached hydrogens (tertiary/aromatic N) is 3. The molecule has 4 rings (SSSR count). The van der Waals surface area contributed by atoms with Gasteiger partial charge in [0, 0.05) is 17.3 Å². The van der Waals surface area contributed by atoms with E-state index >= 15 is 0 Å². The molecule has 2 aromatic heterocycles. The third-order valence-corrected chi connectivity index (χ3v) is 5.11.